The van der Waals surface area contributed by atoms with Crippen LogP contribution in [0.25, 0.3) is 10.8 Å². The third-order valence-electron chi connectivity index (χ3n) is 4.59. The Morgan fingerprint density at radius 2 is 2.12 bits per heavy atom. The van der Waals surface area contributed by atoms with Crippen LogP contribution in [0.3, 0.4) is 0 Å². The molecule has 1 saturated carbocycles. The van der Waals surface area contributed by atoms with Gasteiger partial charge < -0.3 is 9.84 Å². The Hall–Kier alpha value is -3.03. The highest BCUT2D eigenvalue weighted by atomic mass is 16.5. The molecule has 2 aromatic heterocycles. The highest BCUT2D eigenvalue weighted by molar-refractivity contribution is 5.90. The van der Waals surface area contributed by atoms with Crippen LogP contribution in [0.4, 0.5) is 0 Å². The minimum Gasteiger partial charge on any atom is -0.355 e. The molecule has 2 heterocycles. The zero-order valence-electron chi connectivity index (χ0n) is 14.4. The van der Waals surface area contributed by atoms with Gasteiger partial charge in [-0.05, 0) is 25.8 Å². The van der Waals surface area contributed by atoms with Crippen molar-refractivity contribution in [2.45, 2.75) is 38.0 Å². The van der Waals surface area contributed by atoms with Crippen LogP contribution in [-0.4, -0.2) is 32.8 Å². The van der Waals surface area contributed by atoms with E-state index in [2.05, 4.69) is 25.7 Å². The second kappa shape index (κ2) is 6.70. The number of hydrogen-bond acceptors (Lipinski definition) is 6. The van der Waals surface area contributed by atoms with Gasteiger partial charge in [0.2, 0.25) is 11.8 Å². The number of hydrogen-bond donors (Lipinski definition) is 2. The maximum atomic E-state index is 12.5. The predicted molar refractivity (Wildman–Crippen MR) is 93.8 cm³/mol. The average Bonchev–Trinajstić information content (AvgIpc) is 3.41. The number of rotatable bonds is 6. The molecule has 4 rings (SSSR count). The summed E-state index contributed by atoms with van der Waals surface area (Å²) < 4.78 is 5.20. The number of fused-ring (bicyclic) bond motifs is 1. The Kier molecular flexibility index (Phi) is 4.24. The quantitative estimate of drug-likeness (QED) is 0.696. The van der Waals surface area contributed by atoms with Crippen molar-refractivity contribution >= 4 is 16.7 Å². The molecule has 0 unspecified atom stereocenters. The average molecular weight is 353 g/mol. The van der Waals surface area contributed by atoms with Crippen molar-refractivity contribution in [3.63, 3.8) is 0 Å². The van der Waals surface area contributed by atoms with Gasteiger partial charge in [-0.3, -0.25) is 9.59 Å². The summed E-state index contributed by atoms with van der Waals surface area (Å²) in [5.74, 6) is 1.08. The number of H-pyrrole nitrogens is 1. The Labute approximate surface area is 149 Å². The predicted octanol–water partition coefficient (Wildman–Crippen LogP) is 1.65. The van der Waals surface area contributed by atoms with Crippen LogP contribution in [0, 0.1) is 0 Å². The van der Waals surface area contributed by atoms with Crippen molar-refractivity contribution in [3.05, 3.63) is 52.0 Å². The van der Waals surface area contributed by atoms with Gasteiger partial charge >= 0.3 is 0 Å². The van der Waals surface area contributed by atoms with Crippen LogP contribution in [0.2, 0.25) is 0 Å². The SMILES string of the molecule is C[C@@H](C(=O)NCCc1nc(C2CC2)no1)c1n[nH]c(=O)c2ccccc12. The van der Waals surface area contributed by atoms with Gasteiger partial charge in [0.15, 0.2) is 5.82 Å². The van der Waals surface area contributed by atoms with Gasteiger partial charge in [-0.1, -0.05) is 23.4 Å². The molecule has 1 fully saturated rings. The largest absolute Gasteiger partial charge is 0.355 e. The van der Waals surface area contributed by atoms with Gasteiger partial charge in [-0.15, -0.1) is 0 Å². The maximum absolute atomic E-state index is 12.5. The molecule has 0 spiro atoms. The minimum absolute atomic E-state index is 0.170. The minimum atomic E-state index is -0.499. The van der Waals surface area contributed by atoms with Crippen LogP contribution in [-0.2, 0) is 11.2 Å². The number of aromatic nitrogens is 4. The molecule has 0 radical (unpaired) electrons. The van der Waals surface area contributed by atoms with E-state index >= 15 is 0 Å². The summed E-state index contributed by atoms with van der Waals surface area (Å²) in [5, 5.41) is 14.6. The van der Waals surface area contributed by atoms with Gasteiger partial charge in [0.1, 0.15) is 0 Å². The molecule has 0 saturated heterocycles. The van der Waals surface area contributed by atoms with Crippen LogP contribution in [0.1, 0.15) is 49.0 Å². The van der Waals surface area contributed by atoms with Gasteiger partial charge in [-0.25, -0.2) is 5.10 Å². The van der Waals surface area contributed by atoms with Crippen molar-refractivity contribution in [2.75, 3.05) is 6.54 Å². The van der Waals surface area contributed by atoms with E-state index in [0.29, 0.717) is 41.2 Å². The van der Waals surface area contributed by atoms with Crippen LogP contribution in [0.5, 0.6) is 0 Å². The Bertz CT molecular complexity index is 1010. The molecule has 8 heteroatoms. The smallest absolute Gasteiger partial charge is 0.272 e. The lowest BCUT2D eigenvalue weighted by molar-refractivity contribution is -0.122. The second-order valence-electron chi connectivity index (χ2n) is 6.57. The van der Waals surface area contributed by atoms with Crippen molar-refractivity contribution in [1.82, 2.24) is 25.7 Å². The maximum Gasteiger partial charge on any atom is 0.272 e. The van der Waals surface area contributed by atoms with Crippen molar-refractivity contribution in [3.8, 4) is 0 Å². The summed E-state index contributed by atoms with van der Waals surface area (Å²) in [4.78, 5) is 28.7. The molecule has 134 valence electrons. The first kappa shape index (κ1) is 16.4. The summed E-state index contributed by atoms with van der Waals surface area (Å²) >= 11 is 0. The zero-order chi connectivity index (χ0) is 18.1. The fraction of sp³-hybridized carbons (Fsp3) is 0.389. The van der Waals surface area contributed by atoms with Crippen molar-refractivity contribution in [2.24, 2.45) is 0 Å². The summed E-state index contributed by atoms with van der Waals surface area (Å²) in [5.41, 5.74) is 0.284. The van der Waals surface area contributed by atoms with Gasteiger partial charge in [0.05, 0.1) is 17.0 Å². The standard InChI is InChI=1S/C18H19N5O3/c1-10(15-12-4-2-3-5-13(12)18(25)22-21-15)17(24)19-9-8-14-20-16(23-26-14)11-6-7-11/h2-5,10-11H,6-9H2,1H3,(H,19,24)(H,22,25)/t10-/m1/s1. The number of carbonyl (C=O) groups excluding carboxylic acids is 1. The molecular weight excluding hydrogens is 334 g/mol. The number of nitrogens with zero attached hydrogens (tertiary/aromatic N) is 3. The zero-order valence-corrected chi connectivity index (χ0v) is 14.4. The van der Waals surface area contributed by atoms with E-state index in [-0.39, 0.29) is 11.5 Å². The first-order valence-electron chi connectivity index (χ1n) is 8.71. The molecule has 0 bridgehead atoms. The fourth-order valence-electron chi connectivity index (χ4n) is 2.91. The number of benzene rings is 1. The van der Waals surface area contributed by atoms with E-state index in [4.69, 9.17) is 4.52 Å². The summed E-state index contributed by atoms with van der Waals surface area (Å²) in [7, 11) is 0. The van der Waals surface area contributed by atoms with Crippen molar-refractivity contribution in [1.29, 1.82) is 0 Å². The van der Waals surface area contributed by atoms with E-state index in [1.54, 1.807) is 25.1 Å². The van der Waals surface area contributed by atoms with Gasteiger partial charge in [-0.2, -0.15) is 10.1 Å². The molecule has 1 amide bonds. The summed E-state index contributed by atoms with van der Waals surface area (Å²) in [6.45, 7) is 2.16. The lowest BCUT2D eigenvalue weighted by atomic mass is 10.0. The van der Waals surface area contributed by atoms with E-state index in [0.717, 1.165) is 18.7 Å². The molecular formula is C18H19N5O3. The number of aromatic amines is 1. The van der Waals surface area contributed by atoms with Gasteiger partial charge in [0, 0.05) is 24.3 Å². The first-order chi connectivity index (χ1) is 12.6. The first-order valence-corrected chi connectivity index (χ1v) is 8.71. The Balaban J connectivity index is 1.41. The van der Waals surface area contributed by atoms with E-state index in [1.807, 2.05) is 6.07 Å². The Morgan fingerprint density at radius 1 is 1.35 bits per heavy atom. The third kappa shape index (κ3) is 3.22. The molecule has 1 aliphatic rings. The summed E-state index contributed by atoms with van der Waals surface area (Å²) in [6.07, 6.45) is 2.72. The van der Waals surface area contributed by atoms with Crippen LogP contribution < -0.4 is 10.9 Å². The molecule has 1 atom stereocenters. The molecule has 2 N–H and O–H groups in total. The number of nitrogens with one attached hydrogen (secondary N) is 2. The Morgan fingerprint density at radius 3 is 2.88 bits per heavy atom. The highest BCUT2D eigenvalue weighted by Crippen LogP contribution is 2.38. The molecule has 1 aliphatic carbocycles. The highest BCUT2D eigenvalue weighted by Gasteiger charge is 2.28. The van der Waals surface area contributed by atoms with E-state index in [9.17, 15) is 9.59 Å². The molecule has 0 aliphatic heterocycles. The monoisotopic (exact) mass is 353 g/mol. The number of amides is 1. The molecule has 3 aromatic rings. The fourth-order valence-corrected chi connectivity index (χ4v) is 2.91. The molecule has 1 aromatic carbocycles. The third-order valence-corrected chi connectivity index (χ3v) is 4.59. The van der Waals surface area contributed by atoms with Crippen LogP contribution in [0.15, 0.2) is 33.6 Å². The molecule has 26 heavy (non-hydrogen) atoms. The van der Waals surface area contributed by atoms with E-state index in [1.165, 1.54) is 0 Å². The summed E-state index contributed by atoms with van der Waals surface area (Å²) in [6, 6.07) is 7.13. The van der Waals surface area contributed by atoms with E-state index < -0.39 is 5.92 Å². The molecule has 8 nitrogen and oxygen atoms in total. The lowest BCUT2D eigenvalue weighted by Gasteiger charge is -2.12. The van der Waals surface area contributed by atoms with Crippen LogP contribution >= 0.6 is 0 Å². The lowest BCUT2D eigenvalue weighted by Crippen LogP contribution is -2.31. The normalized spacial score (nSPS) is 15.1. The second-order valence-corrected chi connectivity index (χ2v) is 6.57. The van der Waals surface area contributed by atoms with Crippen molar-refractivity contribution < 1.29 is 9.32 Å². The number of carbonyl (C=O) groups is 1. The topological polar surface area (TPSA) is 114 Å². The van der Waals surface area contributed by atoms with Gasteiger partial charge in [0.25, 0.3) is 5.56 Å².